The molecule has 0 radical (unpaired) electrons. The van der Waals surface area contributed by atoms with Gasteiger partial charge in [0.25, 0.3) is 10.0 Å². The second-order valence-corrected chi connectivity index (χ2v) is 8.10. The van der Waals surface area contributed by atoms with E-state index in [0.717, 1.165) is 4.47 Å². The molecule has 120 valence electrons. The lowest BCUT2D eigenvalue weighted by Gasteiger charge is -2.29. The Bertz CT molecular complexity index is 850. The molecule has 0 saturated carbocycles. The first-order valence-corrected chi connectivity index (χ1v) is 9.32. The second-order valence-electron chi connectivity index (χ2n) is 5.37. The first kappa shape index (κ1) is 16.0. The lowest BCUT2D eigenvalue weighted by Crippen LogP contribution is -2.39. The van der Waals surface area contributed by atoms with Gasteiger partial charge in [0.05, 0.1) is 22.3 Å². The molecule has 23 heavy (non-hydrogen) atoms. The van der Waals surface area contributed by atoms with Gasteiger partial charge in [-0.15, -0.1) is 0 Å². The summed E-state index contributed by atoms with van der Waals surface area (Å²) in [5, 5.41) is 2.76. The molecular weight excluding hydrogens is 380 g/mol. The summed E-state index contributed by atoms with van der Waals surface area (Å²) >= 11 is 3.30. The summed E-state index contributed by atoms with van der Waals surface area (Å²) in [6, 6.07) is 12.9. The maximum absolute atomic E-state index is 13.1. The van der Waals surface area contributed by atoms with Crippen molar-refractivity contribution >= 4 is 43.2 Å². The fourth-order valence-electron chi connectivity index (χ4n) is 2.65. The summed E-state index contributed by atoms with van der Waals surface area (Å²) in [7, 11) is -3.77. The number of carbonyl (C=O) groups is 1. The van der Waals surface area contributed by atoms with Crippen LogP contribution in [0.4, 0.5) is 11.4 Å². The Morgan fingerprint density at radius 1 is 1.13 bits per heavy atom. The van der Waals surface area contributed by atoms with Crippen molar-refractivity contribution in [3.63, 3.8) is 0 Å². The van der Waals surface area contributed by atoms with Gasteiger partial charge in [-0.1, -0.05) is 28.1 Å². The number of amides is 1. The van der Waals surface area contributed by atoms with Gasteiger partial charge in [0, 0.05) is 10.9 Å². The highest BCUT2D eigenvalue weighted by atomic mass is 79.9. The molecule has 1 amide bonds. The molecule has 0 saturated heterocycles. The zero-order valence-electron chi connectivity index (χ0n) is 12.4. The predicted octanol–water partition coefficient (Wildman–Crippen LogP) is 3.38. The van der Waals surface area contributed by atoms with Gasteiger partial charge in [0.1, 0.15) is 0 Å². The number of carbonyl (C=O) groups excluding carboxylic acids is 1. The van der Waals surface area contributed by atoms with E-state index in [0.29, 0.717) is 11.4 Å². The van der Waals surface area contributed by atoms with Crippen LogP contribution in [0.2, 0.25) is 0 Å². The number of benzene rings is 2. The summed E-state index contributed by atoms with van der Waals surface area (Å²) in [5.41, 5.74) is 0.983. The molecule has 2 aromatic carbocycles. The van der Waals surface area contributed by atoms with Crippen molar-refractivity contribution in [3.05, 3.63) is 53.0 Å². The molecule has 1 aliphatic rings. The number of anilines is 2. The van der Waals surface area contributed by atoms with E-state index in [-0.39, 0.29) is 17.2 Å². The Kier molecular flexibility index (Phi) is 4.16. The van der Waals surface area contributed by atoms with E-state index in [1.54, 1.807) is 55.5 Å². The van der Waals surface area contributed by atoms with Crippen molar-refractivity contribution in [1.82, 2.24) is 0 Å². The molecule has 1 heterocycles. The fraction of sp³-hybridized carbons (Fsp3) is 0.188. The fourth-order valence-corrected chi connectivity index (χ4v) is 4.59. The number of nitrogens with one attached hydrogen (secondary N) is 1. The molecule has 1 atom stereocenters. The summed E-state index contributed by atoms with van der Waals surface area (Å²) in [6.07, 6.45) is 0.102. The van der Waals surface area contributed by atoms with Crippen LogP contribution in [0.15, 0.2) is 57.9 Å². The smallest absolute Gasteiger partial charge is 0.264 e. The van der Waals surface area contributed by atoms with E-state index >= 15 is 0 Å². The molecule has 2 aromatic rings. The Hall–Kier alpha value is -1.86. The van der Waals surface area contributed by atoms with Crippen LogP contribution < -0.4 is 9.62 Å². The molecule has 5 nitrogen and oxygen atoms in total. The summed E-state index contributed by atoms with van der Waals surface area (Å²) in [6.45, 7) is 1.73. The first-order chi connectivity index (χ1) is 10.9. The number of sulfonamides is 1. The van der Waals surface area contributed by atoms with Gasteiger partial charge in [-0.05, 0) is 43.3 Å². The third-order valence-electron chi connectivity index (χ3n) is 3.67. The average Bonchev–Trinajstić information content (AvgIpc) is 2.62. The number of rotatable bonds is 2. The molecule has 7 heteroatoms. The van der Waals surface area contributed by atoms with Gasteiger partial charge in [0.15, 0.2) is 0 Å². The van der Waals surface area contributed by atoms with E-state index in [1.807, 2.05) is 0 Å². The van der Waals surface area contributed by atoms with Crippen molar-refractivity contribution < 1.29 is 13.2 Å². The standard InChI is InChI=1S/C16H15BrN2O3S/c1-11-10-16(20)18-14-4-2-3-5-15(14)19(11)23(21,22)13-8-6-12(17)7-9-13/h2-9,11H,10H2,1H3,(H,18,20)/t11-/m0/s1. The third-order valence-corrected chi connectivity index (χ3v) is 6.14. The minimum atomic E-state index is -3.77. The molecular formula is C16H15BrN2O3S. The highest BCUT2D eigenvalue weighted by Gasteiger charge is 2.34. The molecule has 1 aliphatic heterocycles. The van der Waals surface area contributed by atoms with Crippen LogP contribution in [-0.2, 0) is 14.8 Å². The lowest BCUT2D eigenvalue weighted by molar-refractivity contribution is -0.116. The normalized spacial score (nSPS) is 18.1. The van der Waals surface area contributed by atoms with Crippen LogP contribution >= 0.6 is 15.9 Å². The van der Waals surface area contributed by atoms with Crippen LogP contribution in [-0.4, -0.2) is 20.4 Å². The Balaban J connectivity index is 2.16. The zero-order valence-corrected chi connectivity index (χ0v) is 14.8. The number of hydrogen-bond acceptors (Lipinski definition) is 3. The van der Waals surface area contributed by atoms with Gasteiger partial charge in [-0.2, -0.15) is 0 Å². The van der Waals surface area contributed by atoms with E-state index < -0.39 is 16.1 Å². The van der Waals surface area contributed by atoms with Gasteiger partial charge in [-0.3, -0.25) is 9.10 Å². The van der Waals surface area contributed by atoms with Crippen molar-refractivity contribution in [2.75, 3.05) is 9.62 Å². The average molecular weight is 395 g/mol. The SMILES string of the molecule is C[C@H]1CC(=O)Nc2ccccc2N1S(=O)(=O)c1ccc(Br)cc1. The maximum Gasteiger partial charge on any atom is 0.264 e. The molecule has 0 aromatic heterocycles. The molecule has 0 bridgehead atoms. The number of para-hydroxylation sites is 2. The molecule has 0 aliphatic carbocycles. The largest absolute Gasteiger partial charge is 0.324 e. The number of fused-ring (bicyclic) bond motifs is 1. The topological polar surface area (TPSA) is 66.5 Å². The summed E-state index contributed by atoms with van der Waals surface area (Å²) in [5.74, 6) is -0.196. The van der Waals surface area contributed by atoms with Crippen LogP contribution in [0.3, 0.4) is 0 Å². The molecule has 0 spiro atoms. The van der Waals surface area contributed by atoms with Crippen LogP contribution in [0.1, 0.15) is 13.3 Å². The highest BCUT2D eigenvalue weighted by Crippen LogP contribution is 2.35. The Labute approximate surface area is 143 Å². The molecule has 3 rings (SSSR count). The maximum atomic E-state index is 13.1. The van der Waals surface area contributed by atoms with Crippen molar-refractivity contribution in [3.8, 4) is 0 Å². The lowest BCUT2D eigenvalue weighted by atomic mass is 10.2. The monoisotopic (exact) mass is 394 g/mol. The number of halogens is 1. The summed E-state index contributed by atoms with van der Waals surface area (Å²) < 4.78 is 28.3. The van der Waals surface area contributed by atoms with Gasteiger partial charge < -0.3 is 5.32 Å². The van der Waals surface area contributed by atoms with Gasteiger partial charge in [0.2, 0.25) is 5.91 Å². The van der Waals surface area contributed by atoms with Crippen LogP contribution in [0, 0.1) is 0 Å². The third kappa shape index (κ3) is 2.98. The van der Waals surface area contributed by atoms with E-state index in [4.69, 9.17) is 0 Å². The molecule has 0 fully saturated rings. The molecule has 1 N–H and O–H groups in total. The zero-order chi connectivity index (χ0) is 16.6. The minimum Gasteiger partial charge on any atom is -0.324 e. The van der Waals surface area contributed by atoms with Crippen LogP contribution in [0.25, 0.3) is 0 Å². The quantitative estimate of drug-likeness (QED) is 0.848. The first-order valence-electron chi connectivity index (χ1n) is 7.08. The van der Waals surface area contributed by atoms with Gasteiger partial charge >= 0.3 is 0 Å². The molecule has 0 unspecified atom stereocenters. The van der Waals surface area contributed by atoms with E-state index in [2.05, 4.69) is 21.2 Å². The minimum absolute atomic E-state index is 0.102. The van der Waals surface area contributed by atoms with Gasteiger partial charge in [-0.25, -0.2) is 8.42 Å². The van der Waals surface area contributed by atoms with Crippen molar-refractivity contribution in [2.45, 2.75) is 24.3 Å². The van der Waals surface area contributed by atoms with Crippen LogP contribution in [0.5, 0.6) is 0 Å². The van der Waals surface area contributed by atoms with Crippen molar-refractivity contribution in [2.24, 2.45) is 0 Å². The van der Waals surface area contributed by atoms with E-state index in [1.165, 1.54) is 4.31 Å². The summed E-state index contributed by atoms with van der Waals surface area (Å²) in [4.78, 5) is 12.2. The van der Waals surface area contributed by atoms with Crippen molar-refractivity contribution in [1.29, 1.82) is 0 Å². The number of nitrogens with zero attached hydrogens (tertiary/aromatic N) is 1. The predicted molar refractivity (Wildman–Crippen MR) is 93.0 cm³/mol. The number of hydrogen-bond donors (Lipinski definition) is 1. The second kappa shape index (κ2) is 5.98. The Morgan fingerprint density at radius 3 is 2.48 bits per heavy atom. The van der Waals surface area contributed by atoms with E-state index in [9.17, 15) is 13.2 Å². The Morgan fingerprint density at radius 2 is 1.78 bits per heavy atom. The highest BCUT2D eigenvalue weighted by molar-refractivity contribution is 9.10.